The van der Waals surface area contributed by atoms with Crippen molar-refractivity contribution < 1.29 is 9.53 Å². The maximum absolute atomic E-state index is 11.9. The first kappa shape index (κ1) is 18.0. The van der Waals surface area contributed by atoms with Gasteiger partial charge in [-0.2, -0.15) is 0 Å². The molecule has 0 fully saturated rings. The summed E-state index contributed by atoms with van der Waals surface area (Å²) >= 11 is 0. The lowest BCUT2D eigenvalue weighted by molar-refractivity contribution is 0.101. The molecule has 112 valence electrons. The third-order valence-electron chi connectivity index (χ3n) is 3.38. The van der Waals surface area contributed by atoms with Crippen LogP contribution in [0.25, 0.3) is 0 Å². The van der Waals surface area contributed by atoms with Gasteiger partial charge in [0, 0.05) is 13.1 Å². The summed E-state index contributed by atoms with van der Waals surface area (Å²) in [5, 5.41) is 0. The minimum Gasteiger partial charge on any atom is -0.450 e. The van der Waals surface area contributed by atoms with Crippen molar-refractivity contribution in [1.29, 1.82) is 0 Å². The molecule has 19 heavy (non-hydrogen) atoms. The molecule has 3 heteroatoms. The van der Waals surface area contributed by atoms with E-state index in [0.29, 0.717) is 24.5 Å². The van der Waals surface area contributed by atoms with Crippen molar-refractivity contribution in [3.8, 4) is 0 Å². The van der Waals surface area contributed by atoms with Crippen molar-refractivity contribution in [2.45, 2.75) is 54.4 Å². The van der Waals surface area contributed by atoms with Crippen LogP contribution in [0, 0.1) is 11.3 Å². The molecule has 0 spiro atoms. The number of hydrogen-bond acceptors (Lipinski definition) is 2. The highest BCUT2D eigenvalue weighted by molar-refractivity contribution is 5.67. The third-order valence-corrected chi connectivity index (χ3v) is 3.38. The number of ether oxygens (including phenoxy) is 1. The standard InChI is InChI=1S/C16H31NO2/c1-8-16(6,7)10-14(5)12-17(11-13(3)4)15(18)19-9-2/h14H,3,8-12H2,1-2,4-7H3. The molecule has 0 aliphatic heterocycles. The highest BCUT2D eigenvalue weighted by Gasteiger charge is 2.23. The smallest absolute Gasteiger partial charge is 0.410 e. The number of nitrogens with zero attached hydrogens (tertiary/aromatic N) is 1. The molecule has 0 saturated carbocycles. The SMILES string of the molecule is C=C(C)CN(CC(C)CC(C)(C)CC)C(=O)OCC. The predicted molar refractivity (Wildman–Crippen MR) is 81.3 cm³/mol. The average molecular weight is 269 g/mol. The van der Waals surface area contributed by atoms with Crippen LogP contribution in [0.5, 0.6) is 0 Å². The van der Waals surface area contributed by atoms with Crippen molar-refractivity contribution in [1.82, 2.24) is 4.90 Å². The molecule has 1 amide bonds. The van der Waals surface area contributed by atoms with E-state index in [4.69, 9.17) is 4.74 Å². The monoisotopic (exact) mass is 269 g/mol. The fourth-order valence-corrected chi connectivity index (χ4v) is 2.27. The minimum absolute atomic E-state index is 0.230. The van der Waals surface area contributed by atoms with Crippen molar-refractivity contribution in [3.05, 3.63) is 12.2 Å². The van der Waals surface area contributed by atoms with Gasteiger partial charge < -0.3 is 9.64 Å². The van der Waals surface area contributed by atoms with Crippen LogP contribution in [-0.2, 0) is 4.74 Å². The van der Waals surface area contributed by atoms with Gasteiger partial charge in [0.2, 0.25) is 0 Å². The second-order valence-electron chi connectivity index (χ2n) is 6.36. The summed E-state index contributed by atoms with van der Waals surface area (Å²) in [6, 6.07) is 0. The quantitative estimate of drug-likeness (QED) is 0.608. The molecule has 0 radical (unpaired) electrons. The van der Waals surface area contributed by atoms with E-state index in [2.05, 4.69) is 34.3 Å². The molecule has 0 bridgehead atoms. The Labute approximate surface area is 119 Å². The number of hydrogen-bond donors (Lipinski definition) is 0. The molecule has 1 unspecified atom stereocenters. The Morgan fingerprint density at radius 1 is 1.37 bits per heavy atom. The van der Waals surface area contributed by atoms with Crippen LogP contribution in [0.4, 0.5) is 4.79 Å². The van der Waals surface area contributed by atoms with Gasteiger partial charge in [0.05, 0.1) is 6.61 Å². The molecular weight excluding hydrogens is 238 g/mol. The van der Waals surface area contributed by atoms with Crippen LogP contribution >= 0.6 is 0 Å². The fraction of sp³-hybridized carbons (Fsp3) is 0.812. The lowest BCUT2D eigenvalue weighted by atomic mass is 9.81. The van der Waals surface area contributed by atoms with Gasteiger partial charge >= 0.3 is 6.09 Å². The third kappa shape index (κ3) is 7.91. The summed E-state index contributed by atoms with van der Waals surface area (Å²) < 4.78 is 5.11. The van der Waals surface area contributed by atoms with Crippen molar-refractivity contribution >= 4 is 6.09 Å². The summed E-state index contributed by atoms with van der Waals surface area (Å²) in [7, 11) is 0. The maximum Gasteiger partial charge on any atom is 0.410 e. The topological polar surface area (TPSA) is 29.5 Å². The molecule has 1 atom stereocenters. The van der Waals surface area contributed by atoms with Gasteiger partial charge in [-0.3, -0.25) is 0 Å². The summed E-state index contributed by atoms with van der Waals surface area (Å²) in [5.41, 5.74) is 1.30. The van der Waals surface area contributed by atoms with Crippen molar-refractivity contribution in [2.75, 3.05) is 19.7 Å². The number of carbonyl (C=O) groups excluding carboxylic acids is 1. The van der Waals surface area contributed by atoms with Crippen molar-refractivity contribution in [2.24, 2.45) is 11.3 Å². The summed E-state index contributed by atoms with van der Waals surface area (Å²) in [4.78, 5) is 13.7. The molecule has 0 aliphatic rings. The second kappa shape index (κ2) is 8.23. The van der Waals surface area contributed by atoms with E-state index in [-0.39, 0.29) is 6.09 Å². The summed E-state index contributed by atoms with van der Waals surface area (Å²) in [6.07, 6.45) is 2.03. The Bertz CT molecular complexity index is 297. The molecule has 0 heterocycles. The zero-order valence-corrected chi connectivity index (χ0v) is 13.6. The van der Waals surface area contributed by atoms with Gasteiger partial charge in [-0.25, -0.2) is 4.79 Å². The Morgan fingerprint density at radius 2 is 1.95 bits per heavy atom. The zero-order chi connectivity index (χ0) is 15.1. The lowest BCUT2D eigenvalue weighted by Crippen LogP contribution is -2.37. The summed E-state index contributed by atoms with van der Waals surface area (Å²) in [5.74, 6) is 0.457. The molecule has 0 saturated heterocycles. The molecule has 0 rings (SSSR count). The Balaban J connectivity index is 4.54. The van der Waals surface area contributed by atoms with Crippen LogP contribution < -0.4 is 0 Å². The van der Waals surface area contributed by atoms with E-state index < -0.39 is 0 Å². The molecule has 0 N–H and O–H groups in total. The Morgan fingerprint density at radius 3 is 2.37 bits per heavy atom. The van der Waals surface area contributed by atoms with E-state index in [0.717, 1.165) is 25.0 Å². The van der Waals surface area contributed by atoms with Gasteiger partial charge in [-0.15, -0.1) is 0 Å². The first-order valence-electron chi connectivity index (χ1n) is 7.28. The van der Waals surface area contributed by atoms with E-state index in [1.54, 1.807) is 4.90 Å². The van der Waals surface area contributed by atoms with Gasteiger partial charge in [0.25, 0.3) is 0 Å². The molecule has 0 aromatic carbocycles. The zero-order valence-electron chi connectivity index (χ0n) is 13.6. The predicted octanol–water partition coefficient (Wildman–Crippen LogP) is 4.48. The molecule has 0 aromatic rings. The normalized spacial score (nSPS) is 12.9. The highest BCUT2D eigenvalue weighted by atomic mass is 16.6. The molecule has 0 aliphatic carbocycles. The average Bonchev–Trinajstić information content (AvgIpc) is 2.27. The van der Waals surface area contributed by atoms with Gasteiger partial charge in [-0.1, -0.05) is 46.3 Å². The van der Waals surface area contributed by atoms with Crippen LogP contribution in [0.3, 0.4) is 0 Å². The van der Waals surface area contributed by atoms with E-state index in [1.807, 2.05) is 13.8 Å². The van der Waals surface area contributed by atoms with Gasteiger partial charge in [-0.05, 0) is 31.6 Å². The Hall–Kier alpha value is -0.990. The van der Waals surface area contributed by atoms with Crippen LogP contribution in [0.2, 0.25) is 0 Å². The number of carbonyl (C=O) groups is 1. The van der Waals surface area contributed by atoms with Crippen LogP contribution in [0.1, 0.15) is 54.4 Å². The van der Waals surface area contributed by atoms with E-state index in [1.165, 1.54) is 0 Å². The number of rotatable bonds is 8. The van der Waals surface area contributed by atoms with Crippen molar-refractivity contribution in [3.63, 3.8) is 0 Å². The highest BCUT2D eigenvalue weighted by Crippen LogP contribution is 2.29. The Kier molecular flexibility index (Phi) is 7.81. The van der Waals surface area contributed by atoms with E-state index >= 15 is 0 Å². The largest absolute Gasteiger partial charge is 0.450 e. The first-order chi connectivity index (χ1) is 8.71. The molecular formula is C16H31NO2. The van der Waals surface area contributed by atoms with Gasteiger partial charge in [0.15, 0.2) is 0 Å². The second-order valence-corrected chi connectivity index (χ2v) is 6.36. The molecule has 0 aromatic heterocycles. The van der Waals surface area contributed by atoms with E-state index in [9.17, 15) is 4.79 Å². The lowest BCUT2D eigenvalue weighted by Gasteiger charge is -2.30. The van der Waals surface area contributed by atoms with Crippen LogP contribution in [0.15, 0.2) is 12.2 Å². The summed E-state index contributed by atoms with van der Waals surface area (Å²) in [6.45, 7) is 18.3. The maximum atomic E-state index is 11.9. The van der Waals surface area contributed by atoms with Gasteiger partial charge in [0.1, 0.15) is 0 Å². The number of amides is 1. The first-order valence-corrected chi connectivity index (χ1v) is 7.28. The minimum atomic E-state index is -0.230. The fourth-order valence-electron chi connectivity index (χ4n) is 2.27. The van der Waals surface area contributed by atoms with Crippen LogP contribution in [-0.4, -0.2) is 30.7 Å². The molecule has 3 nitrogen and oxygen atoms in total.